The highest BCUT2D eigenvalue weighted by Gasteiger charge is 2.21. The second-order valence-corrected chi connectivity index (χ2v) is 6.01. The van der Waals surface area contributed by atoms with E-state index in [1.807, 2.05) is 14.1 Å². The van der Waals surface area contributed by atoms with E-state index in [2.05, 4.69) is 15.2 Å². The third kappa shape index (κ3) is 5.09. The highest BCUT2D eigenvalue weighted by molar-refractivity contribution is 5.86. The molecule has 0 saturated carbocycles. The van der Waals surface area contributed by atoms with Gasteiger partial charge in [-0.05, 0) is 58.1 Å². The van der Waals surface area contributed by atoms with Gasteiger partial charge in [-0.2, -0.15) is 0 Å². The monoisotopic (exact) mass is 342 g/mol. The van der Waals surface area contributed by atoms with Gasteiger partial charge in [-0.15, -0.1) is 0 Å². The van der Waals surface area contributed by atoms with Gasteiger partial charge in [0.2, 0.25) is 5.82 Å². The molecular weight excluding hydrogens is 320 g/mol. The number of aryl methyl sites for hydroxylation is 1. The predicted molar refractivity (Wildman–Crippen MR) is 97.5 cm³/mol. The van der Waals surface area contributed by atoms with Crippen LogP contribution in [0.1, 0.15) is 28.8 Å². The molecule has 25 heavy (non-hydrogen) atoms. The van der Waals surface area contributed by atoms with Crippen molar-refractivity contribution in [2.45, 2.75) is 19.3 Å². The van der Waals surface area contributed by atoms with E-state index in [-0.39, 0.29) is 11.5 Å². The summed E-state index contributed by atoms with van der Waals surface area (Å²) < 4.78 is 0. The molecule has 1 aromatic heterocycles. The van der Waals surface area contributed by atoms with Crippen molar-refractivity contribution in [1.29, 1.82) is 0 Å². The first-order valence-electron chi connectivity index (χ1n) is 8.11. The van der Waals surface area contributed by atoms with Crippen LogP contribution in [0, 0.1) is 10.1 Å². The summed E-state index contributed by atoms with van der Waals surface area (Å²) in [6, 6.07) is 8.51. The molecule has 0 aliphatic heterocycles. The van der Waals surface area contributed by atoms with Crippen LogP contribution in [0.5, 0.6) is 0 Å². The molecule has 0 unspecified atom stereocenters. The molecule has 0 spiro atoms. The number of nitrogens with one attached hydrogen (secondary N) is 1. The number of rotatable bonds is 9. The van der Waals surface area contributed by atoms with Crippen LogP contribution in [0.4, 0.5) is 17.2 Å². The minimum Gasteiger partial charge on any atom is -0.334 e. The zero-order chi connectivity index (χ0) is 18.2. The molecule has 0 amide bonds. The van der Waals surface area contributed by atoms with Crippen molar-refractivity contribution in [2.24, 2.45) is 0 Å². The Bertz CT molecular complexity index is 747. The normalized spacial score (nSPS) is 10.7. The smallest absolute Gasteiger partial charge is 0.314 e. The Kier molecular flexibility index (Phi) is 6.59. The molecule has 7 heteroatoms. The van der Waals surface area contributed by atoms with Crippen molar-refractivity contribution in [3.63, 3.8) is 0 Å². The van der Waals surface area contributed by atoms with E-state index in [4.69, 9.17) is 0 Å². The van der Waals surface area contributed by atoms with Crippen molar-refractivity contribution in [1.82, 2.24) is 9.88 Å². The predicted octanol–water partition coefficient (Wildman–Crippen LogP) is 3.43. The molecule has 1 aromatic carbocycles. The molecule has 0 aliphatic carbocycles. The molecule has 0 saturated heterocycles. The summed E-state index contributed by atoms with van der Waals surface area (Å²) in [6.45, 7) is 0.941. The second kappa shape index (κ2) is 8.89. The van der Waals surface area contributed by atoms with Gasteiger partial charge in [-0.25, -0.2) is 4.98 Å². The first-order valence-corrected chi connectivity index (χ1v) is 8.11. The minimum absolute atomic E-state index is 0.0342. The molecular formula is C18H22N4O3. The van der Waals surface area contributed by atoms with Crippen molar-refractivity contribution in [3.8, 4) is 0 Å². The van der Waals surface area contributed by atoms with E-state index in [9.17, 15) is 14.9 Å². The van der Waals surface area contributed by atoms with Crippen molar-refractivity contribution in [3.05, 3.63) is 57.8 Å². The van der Waals surface area contributed by atoms with Gasteiger partial charge in [0.25, 0.3) is 0 Å². The van der Waals surface area contributed by atoms with Gasteiger partial charge in [0.1, 0.15) is 0 Å². The first kappa shape index (κ1) is 18.5. The Morgan fingerprint density at radius 2 is 2.00 bits per heavy atom. The van der Waals surface area contributed by atoms with Gasteiger partial charge in [0.15, 0.2) is 6.29 Å². The minimum atomic E-state index is -0.417. The lowest BCUT2D eigenvalue weighted by Crippen LogP contribution is -2.13. The lowest BCUT2D eigenvalue weighted by Gasteiger charge is -2.11. The van der Waals surface area contributed by atoms with Crippen LogP contribution in [0.3, 0.4) is 0 Å². The van der Waals surface area contributed by atoms with Crippen LogP contribution < -0.4 is 5.32 Å². The number of carbonyl (C=O) groups excluding carboxylic acids is 1. The Morgan fingerprint density at radius 1 is 1.24 bits per heavy atom. The largest absolute Gasteiger partial charge is 0.334 e. The zero-order valence-corrected chi connectivity index (χ0v) is 14.4. The summed E-state index contributed by atoms with van der Waals surface area (Å²) in [6.07, 6.45) is 4.69. The van der Waals surface area contributed by atoms with Crippen LogP contribution in [0.15, 0.2) is 36.5 Å². The summed E-state index contributed by atoms with van der Waals surface area (Å²) >= 11 is 0. The number of para-hydroxylation sites is 1. The Balaban J connectivity index is 2.24. The van der Waals surface area contributed by atoms with E-state index in [0.717, 1.165) is 19.4 Å². The summed E-state index contributed by atoms with van der Waals surface area (Å²) in [5, 5.41) is 14.5. The fraction of sp³-hybridized carbons (Fsp3) is 0.333. The topological polar surface area (TPSA) is 88.4 Å². The number of aldehydes is 1. The maximum absolute atomic E-state index is 11.6. The molecule has 132 valence electrons. The number of nitro groups is 1. The van der Waals surface area contributed by atoms with E-state index in [0.29, 0.717) is 29.5 Å². The molecule has 0 radical (unpaired) electrons. The second-order valence-electron chi connectivity index (χ2n) is 6.01. The molecule has 0 atom stereocenters. The standard InChI is InChI=1S/C18H22N4O3/c1-21(2)12-6-5-7-14-10-11-19-18(17(14)22(24)25)20-16-9-4-3-8-15(16)13-23/h3-4,8-11,13H,5-7,12H2,1-2H3,(H,19,20). The molecule has 2 rings (SSSR count). The number of hydrogen-bond acceptors (Lipinski definition) is 6. The summed E-state index contributed by atoms with van der Waals surface area (Å²) in [5.41, 5.74) is 1.53. The maximum atomic E-state index is 11.6. The van der Waals surface area contributed by atoms with Gasteiger partial charge < -0.3 is 10.2 Å². The maximum Gasteiger partial charge on any atom is 0.314 e. The lowest BCUT2D eigenvalue weighted by molar-refractivity contribution is -0.384. The average molecular weight is 342 g/mol. The molecule has 2 aromatic rings. The van der Waals surface area contributed by atoms with Crippen LogP contribution in [-0.2, 0) is 6.42 Å². The van der Waals surface area contributed by atoms with E-state index >= 15 is 0 Å². The average Bonchev–Trinajstić information content (AvgIpc) is 2.59. The SMILES string of the molecule is CN(C)CCCCc1ccnc(Nc2ccccc2C=O)c1[N+](=O)[O-]. The number of unbranched alkanes of at least 4 members (excludes halogenated alkanes) is 1. The molecule has 7 nitrogen and oxygen atoms in total. The molecule has 0 aliphatic rings. The van der Waals surface area contributed by atoms with Gasteiger partial charge in [0, 0.05) is 17.3 Å². The number of benzene rings is 1. The van der Waals surface area contributed by atoms with Crippen molar-refractivity contribution >= 4 is 23.5 Å². The van der Waals surface area contributed by atoms with Crippen molar-refractivity contribution < 1.29 is 9.72 Å². The van der Waals surface area contributed by atoms with Crippen LogP contribution in [-0.4, -0.2) is 41.7 Å². The van der Waals surface area contributed by atoms with E-state index < -0.39 is 4.92 Å². The number of hydrogen-bond donors (Lipinski definition) is 1. The number of nitrogens with zero attached hydrogens (tertiary/aromatic N) is 3. The molecule has 0 bridgehead atoms. The fourth-order valence-electron chi connectivity index (χ4n) is 2.58. The van der Waals surface area contributed by atoms with E-state index in [1.54, 1.807) is 36.5 Å². The molecule has 1 heterocycles. The highest BCUT2D eigenvalue weighted by Crippen LogP contribution is 2.30. The summed E-state index contributed by atoms with van der Waals surface area (Å²) in [4.78, 5) is 28.5. The quantitative estimate of drug-likeness (QED) is 0.325. The number of aromatic nitrogens is 1. The third-order valence-corrected chi connectivity index (χ3v) is 3.83. The lowest BCUT2D eigenvalue weighted by atomic mass is 10.1. The Morgan fingerprint density at radius 3 is 2.68 bits per heavy atom. The van der Waals surface area contributed by atoms with E-state index in [1.165, 1.54) is 0 Å². The number of carbonyl (C=O) groups is 1. The third-order valence-electron chi connectivity index (χ3n) is 3.83. The van der Waals surface area contributed by atoms with Gasteiger partial charge in [-0.1, -0.05) is 12.1 Å². The molecule has 0 fully saturated rings. The van der Waals surface area contributed by atoms with Crippen molar-refractivity contribution in [2.75, 3.05) is 26.0 Å². The molecule has 1 N–H and O–H groups in total. The van der Waals surface area contributed by atoms with Crippen LogP contribution in [0.25, 0.3) is 0 Å². The highest BCUT2D eigenvalue weighted by atomic mass is 16.6. The summed E-state index contributed by atoms with van der Waals surface area (Å²) in [5.74, 6) is 0.157. The van der Waals surface area contributed by atoms with Gasteiger partial charge >= 0.3 is 5.69 Å². The first-order chi connectivity index (χ1) is 12.0. The van der Waals surface area contributed by atoms with Gasteiger partial charge in [0.05, 0.1) is 10.6 Å². The van der Waals surface area contributed by atoms with Crippen LogP contribution >= 0.6 is 0 Å². The number of anilines is 2. The fourth-order valence-corrected chi connectivity index (χ4v) is 2.58. The number of pyridine rings is 1. The summed E-state index contributed by atoms with van der Waals surface area (Å²) in [7, 11) is 4.00. The van der Waals surface area contributed by atoms with Gasteiger partial charge in [-0.3, -0.25) is 14.9 Å². The Hall–Kier alpha value is -2.80. The Labute approximate surface area is 146 Å². The van der Waals surface area contributed by atoms with Crippen LogP contribution in [0.2, 0.25) is 0 Å². The zero-order valence-electron chi connectivity index (χ0n) is 14.4.